The number of anilines is 1. The largest absolute Gasteiger partial charge is 0.478 e. The maximum absolute atomic E-state index is 13.4. The third-order valence-corrected chi connectivity index (χ3v) is 3.11. The molecule has 0 aliphatic rings. The van der Waals surface area contributed by atoms with Gasteiger partial charge in [-0.15, -0.1) is 0 Å². The van der Waals surface area contributed by atoms with Gasteiger partial charge in [-0.1, -0.05) is 0 Å². The summed E-state index contributed by atoms with van der Waals surface area (Å²) in [5.74, 6) is -0.624. The predicted octanol–water partition coefficient (Wildman–Crippen LogP) is 2.29. The second-order valence-electron chi connectivity index (χ2n) is 4.69. The Bertz CT molecular complexity index is 679. The van der Waals surface area contributed by atoms with Crippen molar-refractivity contribution in [3.63, 3.8) is 0 Å². The van der Waals surface area contributed by atoms with Crippen LogP contribution >= 0.6 is 0 Å². The number of imidazole rings is 1. The quantitative estimate of drug-likeness (QED) is 0.858. The fraction of sp³-hybridized carbons (Fsp3) is 0.200. The molecule has 1 heterocycles. The zero-order valence-electron chi connectivity index (χ0n) is 11.8. The zero-order chi connectivity index (χ0) is 15.4. The van der Waals surface area contributed by atoms with E-state index in [-0.39, 0.29) is 0 Å². The average molecular weight is 289 g/mol. The summed E-state index contributed by atoms with van der Waals surface area (Å²) in [7, 11) is 3.74. The van der Waals surface area contributed by atoms with Gasteiger partial charge in [-0.2, -0.15) is 0 Å². The van der Waals surface area contributed by atoms with Crippen molar-refractivity contribution in [3.8, 4) is 0 Å². The number of aryl methyl sites for hydroxylation is 1. The van der Waals surface area contributed by atoms with Gasteiger partial charge in [0.2, 0.25) is 0 Å². The third kappa shape index (κ3) is 3.68. The molecular formula is C15H16FN3O2. The fourth-order valence-corrected chi connectivity index (χ4v) is 2.01. The maximum Gasteiger partial charge on any atom is 0.328 e. The van der Waals surface area contributed by atoms with Gasteiger partial charge in [0.1, 0.15) is 11.6 Å². The van der Waals surface area contributed by atoms with Crippen molar-refractivity contribution in [3.05, 3.63) is 53.9 Å². The number of rotatable bonds is 5. The Hall–Kier alpha value is -2.63. The Labute approximate surface area is 122 Å². The van der Waals surface area contributed by atoms with Crippen LogP contribution in [-0.4, -0.2) is 27.7 Å². The zero-order valence-corrected chi connectivity index (χ0v) is 11.8. The summed E-state index contributed by atoms with van der Waals surface area (Å²) in [4.78, 5) is 16.8. The molecule has 0 unspecified atom stereocenters. The van der Waals surface area contributed by atoms with Gasteiger partial charge in [-0.25, -0.2) is 14.2 Å². The van der Waals surface area contributed by atoms with Gasteiger partial charge in [-0.05, 0) is 24.3 Å². The van der Waals surface area contributed by atoms with Crippen LogP contribution in [0.5, 0.6) is 0 Å². The fourth-order valence-electron chi connectivity index (χ4n) is 2.01. The minimum Gasteiger partial charge on any atom is -0.478 e. The molecule has 1 aromatic heterocycles. The maximum atomic E-state index is 13.4. The highest BCUT2D eigenvalue weighted by atomic mass is 19.1. The van der Waals surface area contributed by atoms with E-state index in [1.807, 2.05) is 29.8 Å². The monoisotopic (exact) mass is 289 g/mol. The number of carboxylic acids is 1. The van der Waals surface area contributed by atoms with Crippen molar-refractivity contribution < 1.29 is 14.3 Å². The van der Waals surface area contributed by atoms with Crippen LogP contribution in [0.4, 0.5) is 10.1 Å². The summed E-state index contributed by atoms with van der Waals surface area (Å²) in [6.07, 6.45) is 5.93. The molecule has 2 rings (SSSR count). The van der Waals surface area contributed by atoms with E-state index in [0.29, 0.717) is 12.1 Å². The lowest BCUT2D eigenvalue weighted by atomic mass is 10.1. The van der Waals surface area contributed by atoms with Crippen molar-refractivity contribution in [2.75, 3.05) is 11.9 Å². The SMILES string of the molecule is CN(Cc1nccn1C)c1ccc(F)cc1C=CC(=O)O. The number of halogens is 1. The van der Waals surface area contributed by atoms with Crippen molar-refractivity contribution in [2.24, 2.45) is 7.05 Å². The summed E-state index contributed by atoms with van der Waals surface area (Å²) in [6.45, 7) is 0.531. The molecule has 1 N–H and O–H groups in total. The van der Waals surface area contributed by atoms with Crippen molar-refractivity contribution in [2.45, 2.75) is 6.54 Å². The Morgan fingerprint density at radius 1 is 1.52 bits per heavy atom. The van der Waals surface area contributed by atoms with Gasteiger partial charge in [0.15, 0.2) is 0 Å². The van der Waals surface area contributed by atoms with E-state index in [2.05, 4.69) is 4.98 Å². The van der Waals surface area contributed by atoms with E-state index in [9.17, 15) is 9.18 Å². The first-order valence-corrected chi connectivity index (χ1v) is 6.35. The van der Waals surface area contributed by atoms with Crippen LogP contribution in [0.1, 0.15) is 11.4 Å². The molecule has 1 aromatic carbocycles. The lowest BCUT2D eigenvalue weighted by Gasteiger charge is -2.21. The van der Waals surface area contributed by atoms with Crippen LogP contribution in [0.2, 0.25) is 0 Å². The summed E-state index contributed by atoms with van der Waals surface area (Å²) < 4.78 is 15.3. The van der Waals surface area contributed by atoms with E-state index in [0.717, 1.165) is 17.6 Å². The molecule has 0 radical (unpaired) electrons. The van der Waals surface area contributed by atoms with Crippen LogP contribution < -0.4 is 4.90 Å². The average Bonchev–Trinajstić information content (AvgIpc) is 2.82. The number of hydrogen-bond donors (Lipinski definition) is 1. The number of benzene rings is 1. The molecule has 0 spiro atoms. The Morgan fingerprint density at radius 3 is 2.90 bits per heavy atom. The first-order valence-electron chi connectivity index (χ1n) is 6.35. The molecule has 0 saturated heterocycles. The number of aliphatic carboxylic acids is 1. The standard InChI is InChI=1S/C15H16FN3O2/c1-18-8-7-17-14(18)10-19(2)13-5-4-12(16)9-11(13)3-6-15(20)21/h3-9H,10H2,1-2H3,(H,20,21). The topological polar surface area (TPSA) is 58.4 Å². The van der Waals surface area contributed by atoms with Gasteiger partial charge in [0.05, 0.1) is 6.54 Å². The summed E-state index contributed by atoms with van der Waals surface area (Å²) in [5.41, 5.74) is 1.24. The van der Waals surface area contributed by atoms with E-state index in [1.165, 1.54) is 18.2 Å². The van der Waals surface area contributed by atoms with Crippen LogP contribution in [0.25, 0.3) is 6.08 Å². The lowest BCUT2D eigenvalue weighted by molar-refractivity contribution is -0.131. The van der Waals surface area contributed by atoms with E-state index >= 15 is 0 Å². The first-order chi connectivity index (χ1) is 9.97. The first kappa shape index (κ1) is 14.8. The third-order valence-electron chi connectivity index (χ3n) is 3.11. The molecule has 0 aliphatic heterocycles. The predicted molar refractivity (Wildman–Crippen MR) is 78.4 cm³/mol. The molecule has 0 saturated carbocycles. The Morgan fingerprint density at radius 2 is 2.29 bits per heavy atom. The van der Waals surface area contributed by atoms with Gasteiger partial charge in [-0.3, -0.25) is 0 Å². The molecule has 21 heavy (non-hydrogen) atoms. The molecule has 2 aromatic rings. The molecule has 0 aliphatic carbocycles. The Balaban J connectivity index is 2.29. The van der Waals surface area contributed by atoms with Crippen molar-refractivity contribution >= 4 is 17.7 Å². The highest BCUT2D eigenvalue weighted by Crippen LogP contribution is 2.23. The number of carbonyl (C=O) groups is 1. The van der Waals surface area contributed by atoms with Crippen LogP contribution in [0.15, 0.2) is 36.7 Å². The van der Waals surface area contributed by atoms with Crippen molar-refractivity contribution in [1.29, 1.82) is 0 Å². The highest BCUT2D eigenvalue weighted by molar-refractivity contribution is 5.87. The molecule has 6 heteroatoms. The number of carboxylic acid groups (broad SMARTS) is 1. The molecular weight excluding hydrogens is 273 g/mol. The van der Waals surface area contributed by atoms with Gasteiger partial charge >= 0.3 is 5.97 Å². The summed E-state index contributed by atoms with van der Waals surface area (Å²) >= 11 is 0. The number of nitrogens with zero attached hydrogens (tertiary/aromatic N) is 3. The Kier molecular flexibility index (Phi) is 4.37. The lowest BCUT2D eigenvalue weighted by Crippen LogP contribution is -2.20. The molecule has 0 fully saturated rings. The highest BCUT2D eigenvalue weighted by Gasteiger charge is 2.10. The second-order valence-corrected chi connectivity index (χ2v) is 4.69. The normalized spacial score (nSPS) is 11.0. The molecule has 0 atom stereocenters. The van der Waals surface area contributed by atoms with E-state index in [4.69, 9.17) is 5.11 Å². The molecule has 0 bridgehead atoms. The molecule has 5 nitrogen and oxygen atoms in total. The van der Waals surface area contributed by atoms with Crippen LogP contribution in [-0.2, 0) is 18.4 Å². The summed E-state index contributed by atoms with van der Waals surface area (Å²) in [6, 6.07) is 4.28. The van der Waals surface area contributed by atoms with Gasteiger partial charge < -0.3 is 14.6 Å². The molecule has 110 valence electrons. The second kappa shape index (κ2) is 6.21. The van der Waals surface area contributed by atoms with Crippen LogP contribution in [0, 0.1) is 5.82 Å². The number of hydrogen-bond acceptors (Lipinski definition) is 3. The van der Waals surface area contributed by atoms with Gasteiger partial charge in [0, 0.05) is 43.8 Å². The van der Waals surface area contributed by atoms with Crippen molar-refractivity contribution in [1.82, 2.24) is 9.55 Å². The van der Waals surface area contributed by atoms with E-state index < -0.39 is 11.8 Å². The molecule has 0 amide bonds. The van der Waals surface area contributed by atoms with Gasteiger partial charge in [0.25, 0.3) is 0 Å². The van der Waals surface area contributed by atoms with Crippen LogP contribution in [0.3, 0.4) is 0 Å². The smallest absolute Gasteiger partial charge is 0.328 e. The summed E-state index contributed by atoms with van der Waals surface area (Å²) in [5, 5.41) is 8.71. The minimum absolute atomic E-state index is 0.408. The minimum atomic E-state index is -1.07. The van der Waals surface area contributed by atoms with E-state index in [1.54, 1.807) is 12.3 Å². The number of aromatic nitrogens is 2.